The SMILES string of the molecule is COc1nc(N2CC(C)n3nccc3C2=O)ccc1C(F)(F)F. The molecule has 6 nitrogen and oxygen atoms in total. The quantitative estimate of drug-likeness (QED) is 0.851. The van der Waals surface area contributed by atoms with E-state index in [0.29, 0.717) is 5.69 Å². The minimum absolute atomic E-state index is 0.110. The third kappa shape index (κ3) is 2.51. The van der Waals surface area contributed by atoms with Crippen molar-refractivity contribution in [2.24, 2.45) is 0 Å². The van der Waals surface area contributed by atoms with E-state index in [1.54, 1.807) is 10.7 Å². The predicted molar refractivity (Wildman–Crippen MR) is 74.4 cm³/mol. The van der Waals surface area contributed by atoms with Crippen molar-refractivity contribution < 1.29 is 22.7 Å². The molecule has 2 aromatic rings. The van der Waals surface area contributed by atoms with Crippen LogP contribution in [0.4, 0.5) is 19.0 Å². The van der Waals surface area contributed by atoms with Crippen LogP contribution in [0.15, 0.2) is 24.4 Å². The number of aromatic nitrogens is 3. The molecule has 3 heterocycles. The van der Waals surface area contributed by atoms with Crippen LogP contribution in [0.1, 0.15) is 29.0 Å². The molecule has 23 heavy (non-hydrogen) atoms. The van der Waals surface area contributed by atoms with Crippen LogP contribution >= 0.6 is 0 Å². The summed E-state index contributed by atoms with van der Waals surface area (Å²) in [6, 6.07) is 3.48. The van der Waals surface area contributed by atoms with E-state index in [0.717, 1.165) is 13.2 Å². The van der Waals surface area contributed by atoms with Crippen molar-refractivity contribution in [3.63, 3.8) is 0 Å². The maximum absolute atomic E-state index is 12.9. The second kappa shape index (κ2) is 5.25. The molecule has 0 fully saturated rings. The van der Waals surface area contributed by atoms with Gasteiger partial charge in [0.15, 0.2) is 0 Å². The average molecular weight is 326 g/mol. The molecule has 122 valence electrons. The number of nitrogens with zero attached hydrogens (tertiary/aromatic N) is 4. The lowest BCUT2D eigenvalue weighted by atomic mass is 10.2. The number of ether oxygens (including phenoxy) is 1. The summed E-state index contributed by atoms with van der Waals surface area (Å²) in [6.45, 7) is 2.12. The van der Waals surface area contributed by atoms with Gasteiger partial charge in [0.2, 0.25) is 5.88 Å². The van der Waals surface area contributed by atoms with Gasteiger partial charge in [0.25, 0.3) is 5.91 Å². The van der Waals surface area contributed by atoms with Crippen molar-refractivity contribution in [3.8, 4) is 5.88 Å². The molecule has 0 aromatic carbocycles. The lowest BCUT2D eigenvalue weighted by Gasteiger charge is -2.31. The average Bonchev–Trinajstić information content (AvgIpc) is 2.99. The summed E-state index contributed by atoms with van der Waals surface area (Å²) in [7, 11) is 1.11. The van der Waals surface area contributed by atoms with Gasteiger partial charge in [-0.3, -0.25) is 14.4 Å². The van der Waals surface area contributed by atoms with Gasteiger partial charge in [-0.2, -0.15) is 23.3 Å². The molecule has 0 saturated carbocycles. The molecule has 0 radical (unpaired) electrons. The highest BCUT2D eigenvalue weighted by Gasteiger charge is 2.37. The minimum atomic E-state index is -4.57. The monoisotopic (exact) mass is 326 g/mol. The number of amides is 1. The highest BCUT2D eigenvalue weighted by atomic mass is 19.4. The summed E-state index contributed by atoms with van der Waals surface area (Å²) in [6.07, 6.45) is -3.07. The topological polar surface area (TPSA) is 60.2 Å². The molecule has 0 aliphatic carbocycles. The number of methoxy groups -OCH3 is 1. The first kappa shape index (κ1) is 15.3. The van der Waals surface area contributed by atoms with Crippen molar-refractivity contribution in [1.82, 2.24) is 14.8 Å². The van der Waals surface area contributed by atoms with Crippen molar-refractivity contribution in [3.05, 3.63) is 35.7 Å². The zero-order valence-corrected chi connectivity index (χ0v) is 12.3. The van der Waals surface area contributed by atoms with E-state index in [4.69, 9.17) is 4.74 Å². The number of carbonyl (C=O) groups excluding carboxylic acids is 1. The molecule has 1 unspecified atom stereocenters. The summed E-state index contributed by atoms with van der Waals surface area (Å²) < 4.78 is 45.0. The molecular weight excluding hydrogens is 313 g/mol. The van der Waals surface area contributed by atoms with Crippen molar-refractivity contribution in [2.45, 2.75) is 19.1 Å². The first-order valence-electron chi connectivity index (χ1n) is 6.80. The first-order valence-corrected chi connectivity index (χ1v) is 6.80. The molecule has 0 saturated heterocycles. The molecule has 1 amide bonds. The Kier molecular flexibility index (Phi) is 3.50. The molecule has 2 aromatic heterocycles. The fraction of sp³-hybridized carbons (Fsp3) is 0.357. The van der Waals surface area contributed by atoms with E-state index < -0.39 is 17.6 Å². The van der Waals surface area contributed by atoms with Crippen LogP contribution in [0.5, 0.6) is 5.88 Å². The second-order valence-electron chi connectivity index (χ2n) is 5.15. The lowest BCUT2D eigenvalue weighted by molar-refractivity contribution is -0.139. The van der Waals surface area contributed by atoms with Gasteiger partial charge in [-0.25, -0.2) is 0 Å². The largest absolute Gasteiger partial charge is 0.481 e. The Labute approximate surface area is 129 Å². The summed E-state index contributed by atoms with van der Waals surface area (Å²) >= 11 is 0. The van der Waals surface area contributed by atoms with Gasteiger partial charge in [0, 0.05) is 12.7 Å². The highest BCUT2D eigenvalue weighted by molar-refractivity contribution is 6.05. The third-order valence-corrected chi connectivity index (χ3v) is 3.62. The Balaban J connectivity index is 2.02. The van der Waals surface area contributed by atoms with E-state index in [1.165, 1.54) is 17.2 Å². The van der Waals surface area contributed by atoms with Crippen LogP contribution < -0.4 is 9.64 Å². The van der Waals surface area contributed by atoms with Crippen LogP contribution in [0.2, 0.25) is 0 Å². The Morgan fingerprint density at radius 2 is 2.04 bits per heavy atom. The number of fused-ring (bicyclic) bond motifs is 1. The first-order chi connectivity index (χ1) is 10.8. The summed E-state index contributed by atoms with van der Waals surface area (Å²) in [5.74, 6) is -0.816. The minimum Gasteiger partial charge on any atom is -0.481 e. The van der Waals surface area contributed by atoms with E-state index in [2.05, 4.69) is 10.1 Å². The molecular formula is C14H13F3N4O2. The number of hydrogen-bond donors (Lipinski definition) is 0. The Bertz CT molecular complexity index is 757. The Morgan fingerprint density at radius 1 is 1.30 bits per heavy atom. The Morgan fingerprint density at radius 3 is 2.70 bits per heavy atom. The van der Waals surface area contributed by atoms with E-state index in [9.17, 15) is 18.0 Å². The van der Waals surface area contributed by atoms with Crippen molar-refractivity contribution >= 4 is 11.7 Å². The van der Waals surface area contributed by atoms with Gasteiger partial charge in [-0.15, -0.1) is 0 Å². The standard InChI is InChI=1S/C14H13F3N4O2/c1-8-7-20(13(22)10-5-6-18-21(8)10)11-4-3-9(14(15,16)17)12(19-11)23-2/h3-6,8H,7H2,1-2H3. The van der Waals surface area contributed by atoms with Crippen LogP contribution in [0.25, 0.3) is 0 Å². The fourth-order valence-electron chi connectivity index (χ4n) is 2.55. The molecule has 0 spiro atoms. The van der Waals surface area contributed by atoms with Crippen molar-refractivity contribution in [1.29, 1.82) is 0 Å². The third-order valence-electron chi connectivity index (χ3n) is 3.62. The smallest absolute Gasteiger partial charge is 0.421 e. The van der Waals surface area contributed by atoms with E-state index in [-0.39, 0.29) is 24.3 Å². The second-order valence-corrected chi connectivity index (χ2v) is 5.15. The van der Waals surface area contributed by atoms with Gasteiger partial charge in [0.1, 0.15) is 17.1 Å². The maximum atomic E-state index is 12.9. The van der Waals surface area contributed by atoms with E-state index in [1.807, 2.05) is 6.92 Å². The zero-order chi connectivity index (χ0) is 16.8. The summed E-state index contributed by atoms with van der Waals surface area (Å²) in [4.78, 5) is 17.6. The predicted octanol–water partition coefficient (Wildman–Crippen LogP) is 2.53. The fourth-order valence-corrected chi connectivity index (χ4v) is 2.55. The van der Waals surface area contributed by atoms with Crippen LogP contribution in [0, 0.1) is 0 Å². The van der Waals surface area contributed by atoms with Gasteiger partial charge in [-0.05, 0) is 25.1 Å². The number of anilines is 1. The molecule has 0 N–H and O–H groups in total. The molecule has 0 bridgehead atoms. The van der Waals surface area contributed by atoms with Gasteiger partial charge < -0.3 is 4.74 Å². The molecule has 1 atom stereocenters. The molecule has 1 aliphatic heterocycles. The lowest BCUT2D eigenvalue weighted by Crippen LogP contribution is -2.43. The summed E-state index contributed by atoms with van der Waals surface area (Å²) in [5, 5.41) is 4.07. The number of pyridine rings is 1. The number of alkyl halides is 3. The van der Waals surface area contributed by atoms with E-state index >= 15 is 0 Å². The van der Waals surface area contributed by atoms with Gasteiger partial charge >= 0.3 is 6.18 Å². The number of rotatable bonds is 2. The molecule has 1 aliphatic rings. The Hall–Kier alpha value is -2.58. The zero-order valence-electron chi connectivity index (χ0n) is 12.3. The van der Waals surface area contributed by atoms with Crippen LogP contribution in [-0.2, 0) is 6.18 Å². The van der Waals surface area contributed by atoms with Crippen LogP contribution in [0.3, 0.4) is 0 Å². The van der Waals surface area contributed by atoms with Gasteiger partial charge in [-0.1, -0.05) is 0 Å². The van der Waals surface area contributed by atoms with Gasteiger partial charge in [0.05, 0.1) is 13.2 Å². The number of hydrogen-bond acceptors (Lipinski definition) is 4. The normalized spacial score (nSPS) is 18.0. The summed E-state index contributed by atoms with van der Waals surface area (Å²) in [5.41, 5.74) is -0.615. The highest BCUT2D eigenvalue weighted by Crippen LogP contribution is 2.36. The number of carbonyl (C=O) groups is 1. The molecule has 3 rings (SSSR count). The van der Waals surface area contributed by atoms with Crippen molar-refractivity contribution in [2.75, 3.05) is 18.6 Å². The maximum Gasteiger partial charge on any atom is 0.421 e. The van der Waals surface area contributed by atoms with Crippen LogP contribution in [-0.4, -0.2) is 34.3 Å². The molecule has 9 heteroatoms. The number of halogens is 3.